The minimum atomic E-state index is 0.704. The Bertz CT molecular complexity index is 472. The van der Waals surface area contributed by atoms with Crippen molar-refractivity contribution < 1.29 is 4.74 Å². The Morgan fingerprint density at radius 2 is 1.88 bits per heavy atom. The van der Waals surface area contributed by atoms with E-state index in [4.69, 9.17) is 10.5 Å². The summed E-state index contributed by atoms with van der Waals surface area (Å²) in [6.45, 7) is 3.92. The van der Waals surface area contributed by atoms with Crippen LogP contribution < -0.4 is 10.5 Å². The summed E-state index contributed by atoms with van der Waals surface area (Å²) < 4.78 is 5.65. The number of pyridine rings is 1. The van der Waals surface area contributed by atoms with Crippen molar-refractivity contribution in [3.8, 4) is 11.5 Å². The first kappa shape index (κ1) is 10.5. The standard InChI is InChI=1S/C13H14N2O/c1-9-5-11(14)7-13(6-9)16-12-4-3-10(2)15-8-12/h3-8H,14H2,1-2H3. The number of ether oxygens (including phenoxy) is 1. The molecule has 2 rings (SSSR count). The van der Waals surface area contributed by atoms with Gasteiger partial charge in [0.25, 0.3) is 0 Å². The molecule has 3 heteroatoms. The van der Waals surface area contributed by atoms with E-state index in [9.17, 15) is 0 Å². The van der Waals surface area contributed by atoms with Crippen LogP contribution in [0.3, 0.4) is 0 Å². The quantitative estimate of drug-likeness (QED) is 0.781. The van der Waals surface area contributed by atoms with Gasteiger partial charge in [-0.05, 0) is 43.7 Å². The van der Waals surface area contributed by atoms with E-state index in [1.165, 1.54) is 0 Å². The molecule has 0 unspecified atom stereocenters. The van der Waals surface area contributed by atoms with Crippen molar-refractivity contribution in [2.24, 2.45) is 0 Å². The number of hydrogen-bond acceptors (Lipinski definition) is 3. The maximum Gasteiger partial charge on any atom is 0.145 e. The molecule has 1 aromatic carbocycles. The third kappa shape index (κ3) is 2.51. The van der Waals surface area contributed by atoms with Gasteiger partial charge < -0.3 is 10.5 Å². The molecule has 0 fully saturated rings. The Balaban J connectivity index is 2.23. The van der Waals surface area contributed by atoms with Gasteiger partial charge in [-0.15, -0.1) is 0 Å². The molecular formula is C13H14N2O. The molecule has 1 aromatic heterocycles. The maximum absolute atomic E-state index is 5.74. The lowest BCUT2D eigenvalue weighted by Gasteiger charge is -2.07. The molecule has 16 heavy (non-hydrogen) atoms. The molecule has 2 aromatic rings. The third-order valence-corrected chi connectivity index (χ3v) is 2.19. The number of aryl methyl sites for hydroxylation is 2. The Morgan fingerprint density at radius 1 is 1.06 bits per heavy atom. The number of nitrogen functional groups attached to an aromatic ring is 1. The monoisotopic (exact) mass is 214 g/mol. The maximum atomic E-state index is 5.74. The van der Waals surface area contributed by atoms with Gasteiger partial charge in [-0.3, -0.25) is 4.98 Å². The van der Waals surface area contributed by atoms with Crippen LogP contribution in [0.4, 0.5) is 5.69 Å². The fourth-order valence-electron chi connectivity index (χ4n) is 1.49. The first-order chi connectivity index (χ1) is 7.63. The molecule has 2 N–H and O–H groups in total. The summed E-state index contributed by atoms with van der Waals surface area (Å²) in [5.41, 5.74) is 8.49. The highest BCUT2D eigenvalue weighted by Crippen LogP contribution is 2.24. The van der Waals surface area contributed by atoms with Crippen LogP contribution in [-0.2, 0) is 0 Å². The van der Waals surface area contributed by atoms with E-state index in [-0.39, 0.29) is 0 Å². The molecule has 0 aliphatic heterocycles. The Morgan fingerprint density at radius 3 is 2.50 bits per heavy atom. The zero-order chi connectivity index (χ0) is 11.5. The van der Waals surface area contributed by atoms with Gasteiger partial charge >= 0.3 is 0 Å². The summed E-state index contributed by atoms with van der Waals surface area (Å²) >= 11 is 0. The van der Waals surface area contributed by atoms with Gasteiger partial charge in [-0.2, -0.15) is 0 Å². The minimum absolute atomic E-state index is 0.704. The summed E-state index contributed by atoms with van der Waals surface area (Å²) in [5, 5.41) is 0. The average Bonchev–Trinajstić information content (AvgIpc) is 2.20. The van der Waals surface area contributed by atoms with Crippen LogP contribution in [0.2, 0.25) is 0 Å². The normalized spacial score (nSPS) is 10.1. The van der Waals surface area contributed by atoms with Gasteiger partial charge in [0, 0.05) is 17.4 Å². The first-order valence-corrected chi connectivity index (χ1v) is 5.11. The van der Waals surface area contributed by atoms with Gasteiger partial charge in [0.2, 0.25) is 0 Å². The number of nitrogens with zero attached hydrogens (tertiary/aromatic N) is 1. The van der Waals surface area contributed by atoms with Crippen molar-refractivity contribution in [1.29, 1.82) is 0 Å². The minimum Gasteiger partial charge on any atom is -0.456 e. The Hall–Kier alpha value is -2.03. The lowest BCUT2D eigenvalue weighted by Crippen LogP contribution is -1.90. The predicted molar refractivity (Wildman–Crippen MR) is 64.6 cm³/mol. The molecule has 0 atom stereocenters. The molecule has 0 aliphatic carbocycles. The predicted octanol–water partition coefficient (Wildman–Crippen LogP) is 3.07. The molecule has 3 nitrogen and oxygen atoms in total. The first-order valence-electron chi connectivity index (χ1n) is 5.11. The molecule has 0 spiro atoms. The summed E-state index contributed by atoms with van der Waals surface area (Å²) in [5.74, 6) is 1.46. The van der Waals surface area contributed by atoms with E-state index < -0.39 is 0 Å². The van der Waals surface area contributed by atoms with Crippen LogP contribution in [0.15, 0.2) is 36.5 Å². The summed E-state index contributed by atoms with van der Waals surface area (Å²) in [4.78, 5) is 4.16. The van der Waals surface area contributed by atoms with E-state index >= 15 is 0 Å². The largest absolute Gasteiger partial charge is 0.456 e. The van der Waals surface area contributed by atoms with Crippen molar-refractivity contribution in [3.63, 3.8) is 0 Å². The molecule has 0 radical (unpaired) electrons. The molecular weight excluding hydrogens is 200 g/mol. The number of aromatic nitrogens is 1. The zero-order valence-electron chi connectivity index (χ0n) is 9.40. The topological polar surface area (TPSA) is 48.1 Å². The summed E-state index contributed by atoms with van der Waals surface area (Å²) in [6, 6.07) is 9.44. The van der Waals surface area contributed by atoms with Gasteiger partial charge in [0.1, 0.15) is 11.5 Å². The van der Waals surface area contributed by atoms with Crippen LogP contribution in [0.1, 0.15) is 11.3 Å². The van der Waals surface area contributed by atoms with Gasteiger partial charge in [-0.1, -0.05) is 0 Å². The molecule has 82 valence electrons. The van der Waals surface area contributed by atoms with Crippen LogP contribution in [-0.4, -0.2) is 4.98 Å². The number of benzene rings is 1. The second kappa shape index (κ2) is 4.23. The molecule has 0 amide bonds. The van der Waals surface area contributed by atoms with E-state index in [0.29, 0.717) is 5.69 Å². The second-order valence-electron chi connectivity index (χ2n) is 3.82. The van der Waals surface area contributed by atoms with Crippen molar-refractivity contribution in [3.05, 3.63) is 47.8 Å². The van der Waals surface area contributed by atoms with Crippen LogP contribution in [0.25, 0.3) is 0 Å². The fraction of sp³-hybridized carbons (Fsp3) is 0.154. The number of hydrogen-bond donors (Lipinski definition) is 1. The van der Waals surface area contributed by atoms with Crippen molar-refractivity contribution in [1.82, 2.24) is 4.98 Å². The highest BCUT2D eigenvalue weighted by Gasteiger charge is 1.99. The van der Waals surface area contributed by atoms with Crippen molar-refractivity contribution in [2.75, 3.05) is 5.73 Å². The smallest absolute Gasteiger partial charge is 0.145 e. The van der Waals surface area contributed by atoms with Crippen LogP contribution >= 0.6 is 0 Å². The van der Waals surface area contributed by atoms with E-state index in [0.717, 1.165) is 22.8 Å². The van der Waals surface area contributed by atoms with Gasteiger partial charge in [-0.25, -0.2) is 0 Å². The average molecular weight is 214 g/mol. The summed E-state index contributed by atoms with van der Waals surface area (Å²) in [7, 11) is 0. The molecule has 0 aliphatic rings. The van der Waals surface area contributed by atoms with Crippen molar-refractivity contribution in [2.45, 2.75) is 13.8 Å². The summed E-state index contributed by atoms with van der Waals surface area (Å²) in [6.07, 6.45) is 1.70. The zero-order valence-corrected chi connectivity index (χ0v) is 9.40. The second-order valence-corrected chi connectivity index (χ2v) is 3.82. The van der Waals surface area contributed by atoms with Crippen LogP contribution in [0.5, 0.6) is 11.5 Å². The van der Waals surface area contributed by atoms with E-state index in [1.807, 2.05) is 38.1 Å². The molecule has 0 saturated carbocycles. The SMILES string of the molecule is Cc1cc(N)cc(Oc2ccc(C)nc2)c1. The molecule has 0 bridgehead atoms. The van der Waals surface area contributed by atoms with E-state index in [2.05, 4.69) is 4.98 Å². The Kier molecular flexibility index (Phi) is 2.77. The number of nitrogens with two attached hydrogens (primary N) is 1. The van der Waals surface area contributed by atoms with E-state index in [1.54, 1.807) is 12.3 Å². The lowest BCUT2D eigenvalue weighted by molar-refractivity contribution is 0.480. The molecule has 0 saturated heterocycles. The van der Waals surface area contributed by atoms with Crippen molar-refractivity contribution >= 4 is 5.69 Å². The Labute approximate surface area is 94.9 Å². The third-order valence-electron chi connectivity index (χ3n) is 2.19. The van der Waals surface area contributed by atoms with Gasteiger partial charge in [0.15, 0.2) is 0 Å². The molecule has 1 heterocycles. The number of rotatable bonds is 2. The highest BCUT2D eigenvalue weighted by molar-refractivity contribution is 5.48. The number of anilines is 1. The lowest BCUT2D eigenvalue weighted by atomic mass is 10.2. The highest BCUT2D eigenvalue weighted by atomic mass is 16.5. The fourth-order valence-corrected chi connectivity index (χ4v) is 1.49. The van der Waals surface area contributed by atoms with Crippen LogP contribution in [0, 0.1) is 13.8 Å². The van der Waals surface area contributed by atoms with Gasteiger partial charge in [0.05, 0.1) is 6.20 Å².